The Morgan fingerprint density at radius 2 is 1.80 bits per heavy atom. The molecule has 1 heterocycles. The monoisotopic (exact) mass is 333 g/mol. The van der Waals surface area contributed by atoms with E-state index < -0.39 is 0 Å². The predicted molar refractivity (Wildman–Crippen MR) is 97.5 cm³/mol. The van der Waals surface area contributed by atoms with Crippen molar-refractivity contribution >= 4 is 5.91 Å². The molecule has 4 heteroatoms. The summed E-state index contributed by atoms with van der Waals surface area (Å²) >= 11 is 0. The van der Waals surface area contributed by atoms with Gasteiger partial charge >= 0.3 is 0 Å². The van der Waals surface area contributed by atoms with E-state index in [2.05, 4.69) is 23.5 Å². The molecule has 0 saturated carbocycles. The lowest BCUT2D eigenvalue weighted by Crippen LogP contribution is -2.31. The van der Waals surface area contributed by atoms with Crippen molar-refractivity contribution in [2.24, 2.45) is 0 Å². The third-order valence-electron chi connectivity index (χ3n) is 4.70. The van der Waals surface area contributed by atoms with E-state index >= 15 is 0 Å². The number of benzene rings is 2. The van der Waals surface area contributed by atoms with Crippen molar-refractivity contribution in [3.63, 3.8) is 0 Å². The van der Waals surface area contributed by atoms with Gasteiger partial charge in [0.05, 0.1) is 11.6 Å². The molecule has 1 amide bonds. The van der Waals surface area contributed by atoms with Crippen molar-refractivity contribution in [3.05, 3.63) is 71.3 Å². The highest BCUT2D eigenvalue weighted by Gasteiger charge is 2.22. The van der Waals surface area contributed by atoms with Gasteiger partial charge in [0.1, 0.15) is 0 Å². The Balaban J connectivity index is 1.52. The molecule has 25 heavy (non-hydrogen) atoms. The van der Waals surface area contributed by atoms with Crippen molar-refractivity contribution < 1.29 is 4.79 Å². The van der Waals surface area contributed by atoms with Crippen molar-refractivity contribution in [3.8, 4) is 6.07 Å². The van der Waals surface area contributed by atoms with Crippen LogP contribution >= 0.6 is 0 Å². The van der Waals surface area contributed by atoms with Crippen LogP contribution in [0.4, 0.5) is 0 Å². The maximum Gasteiger partial charge on any atom is 0.222 e. The van der Waals surface area contributed by atoms with E-state index in [4.69, 9.17) is 5.26 Å². The molecule has 2 aromatic rings. The lowest BCUT2D eigenvalue weighted by molar-refractivity contribution is -0.131. The molecule has 0 aliphatic carbocycles. The second kappa shape index (κ2) is 8.46. The fraction of sp³-hybridized carbons (Fsp3) is 0.333. The first-order chi connectivity index (χ1) is 12.2. The number of hydrogen-bond acceptors (Lipinski definition) is 3. The maximum absolute atomic E-state index is 12.4. The quantitative estimate of drug-likeness (QED) is 0.914. The van der Waals surface area contributed by atoms with Gasteiger partial charge in [-0.25, -0.2) is 0 Å². The van der Waals surface area contributed by atoms with E-state index in [0.717, 1.165) is 31.5 Å². The van der Waals surface area contributed by atoms with Gasteiger partial charge < -0.3 is 10.2 Å². The molecule has 1 aliphatic rings. The summed E-state index contributed by atoms with van der Waals surface area (Å²) in [5.41, 5.74) is 3.02. The minimum Gasteiger partial charge on any atom is -0.338 e. The molecule has 0 bridgehead atoms. The minimum atomic E-state index is 0.242. The zero-order valence-electron chi connectivity index (χ0n) is 14.3. The normalized spacial score (nSPS) is 17.8. The molecule has 1 atom stereocenters. The van der Waals surface area contributed by atoms with Crippen LogP contribution in [0.15, 0.2) is 54.6 Å². The lowest BCUT2D eigenvalue weighted by atomic mass is 10.1. The standard InChI is InChI=1S/C21H23N3O/c22-14-17-6-8-18(9-7-17)15-23-20-10-11-21(25)24(13-12-20)16-19-4-2-1-3-5-19/h1-9,20,23H,10-13,15-16H2. The minimum absolute atomic E-state index is 0.242. The highest BCUT2D eigenvalue weighted by atomic mass is 16.2. The average molecular weight is 333 g/mol. The largest absolute Gasteiger partial charge is 0.338 e. The summed E-state index contributed by atoms with van der Waals surface area (Å²) in [5, 5.41) is 12.4. The van der Waals surface area contributed by atoms with E-state index in [1.807, 2.05) is 47.4 Å². The Morgan fingerprint density at radius 3 is 2.52 bits per heavy atom. The maximum atomic E-state index is 12.4. The van der Waals surface area contributed by atoms with Crippen molar-refractivity contribution in [1.82, 2.24) is 10.2 Å². The second-order valence-corrected chi connectivity index (χ2v) is 6.51. The molecule has 1 aliphatic heterocycles. The fourth-order valence-corrected chi connectivity index (χ4v) is 3.17. The van der Waals surface area contributed by atoms with Crippen LogP contribution < -0.4 is 5.32 Å². The van der Waals surface area contributed by atoms with Gasteiger partial charge in [0.2, 0.25) is 5.91 Å². The van der Waals surface area contributed by atoms with Gasteiger partial charge in [-0.1, -0.05) is 42.5 Å². The molecule has 4 nitrogen and oxygen atoms in total. The molecule has 2 aromatic carbocycles. The Bertz CT molecular complexity index is 734. The van der Waals surface area contributed by atoms with Crippen molar-refractivity contribution in [1.29, 1.82) is 5.26 Å². The summed E-state index contributed by atoms with van der Waals surface area (Å²) in [5.74, 6) is 0.242. The number of hydrogen-bond donors (Lipinski definition) is 1. The highest BCUT2D eigenvalue weighted by Crippen LogP contribution is 2.16. The van der Waals surface area contributed by atoms with Crippen LogP contribution in [-0.2, 0) is 17.9 Å². The van der Waals surface area contributed by atoms with E-state index in [0.29, 0.717) is 24.6 Å². The van der Waals surface area contributed by atoms with Crippen molar-refractivity contribution in [2.75, 3.05) is 6.54 Å². The molecule has 0 aromatic heterocycles. The molecule has 1 saturated heterocycles. The van der Waals surface area contributed by atoms with E-state index in [9.17, 15) is 4.79 Å². The Labute approximate surface area is 149 Å². The first-order valence-electron chi connectivity index (χ1n) is 8.79. The number of carbonyl (C=O) groups is 1. The molecular formula is C21H23N3O. The number of amides is 1. The summed E-state index contributed by atoms with van der Waals surface area (Å²) in [6.07, 6.45) is 2.44. The van der Waals surface area contributed by atoms with Gasteiger partial charge in [0, 0.05) is 32.1 Å². The van der Waals surface area contributed by atoms with Crippen LogP contribution in [-0.4, -0.2) is 23.4 Å². The summed E-state index contributed by atoms with van der Waals surface area (Å²) in [6, 6.07) is 20.3. The molecule has 1 N–H and O–H groups in total. The van der Waals surface area contributed by atoms with Gasteiger partial charge in [-0.3, -0.25) is 4.79 Å². The molecule has 1 unspecified atom stereocenters. The number of carbonyl (C=O) groups excluding carboxylic acids is 1. The number of nitrogens with zero attached hydrogens (tertiary/aromatic N) is 2. The highest BCUT2D eigenvalue weighted by molar-refractivity contribution is 5.76. The third kappa shape index (κ3) is 4.91. The SMILES string of the molecule is N#Cc1ccc(CNC2CCC(=O)N(Cc3ccccc3)CC2)cc1. The molecule has 3 rings (SSSR count). The Kier molecular flexibility index (Phi) is 5.81. The third-order valence-corrected chi connectivity index (χ3v) is 4.70. The summed E-state index contributed by atoms with van der Waals surface area (Å²) in [4.78, 5) is 14.3. The summed E-state index contributed by atoms with van der Waals surface area (Å²) in [7, 11) is 0. The number of nitriles is 1. The summed E-state index contributed by atoms with van der Waals surface area (Å²) < 4.78 is 0. The van der Waals surface area contributed by atoms with Crippen LogP contribution in [0.5, 0.6) is 0 Å². The van der Waals surface area contributed by atoms with E-state index in [1.54, 1.807) is 0 Å². The van der Waals surface area contributed by atoms with Crippen molar-refractivity contribution in [2.45, 2.75) is 38.4 Å². The van der Waals surface area contributed by atoms with Crippen LogP contribution in [0.1, 0.15) is 36.0 Å². The molecule has 128 valence electrons. The topological polar surface area (TPSA) is 56.1 Å². The second-order valence-electron chi connectivity index (χ2n) is 6.51. The van der Waals surface area contributed by atoms with Gasteiger partial charge in [0.25, 0.3) is 0 Å². The van der Waals surface area contributed by atoms with Gasteiger partial charge in [0.15, 0.2) is 0 Å². The summed E-state index contributed by atoms with van der Waals surface area (Å²) in [6.45, 7) is 2.25. The van der Waals surface area contributed by atoms with Crippen LogP contribution in [0, 0.1) is 11.3 Å². The van der Waals surface area contributed by atoms with Gasteiger partial charge in [-0.05, 0) is 36.1 Å². The molecule has 0 radical (unpaired) electrons. The zero-order chi connectivity index (χ0) is 17.5. The zero-order valence-corrected chi connectivity index (χ0v) is 14.3. The van der Waals surface area contributed by atoms with Crippen LogP contribution in [0.25, 0.3) is 0 Å². The first-order valence-corrected chi connectivity index (χ1v) is 8.79. The number of rotatable bonds is 5. The lowest BCUT2D eigenvalue weighted by Gasteiger charge is -2.21. The molecule has 0 spiro atoms. The predicted octanol–water partition coefficient (Wildman–Crippen LogP) is 3.23. The first kappa shape index (κ1) is 17.2. The molecular weight excluding hydrogens is 310 g/mol. The number of nitrogens with one attached hydrogen (secondary N) is 1. The van der Waals surface area contributed by atoms with Gasteiger partial charge in [-0.2, -0.15) is 5.26 Å². The van der Waals surface area contributed by atoms with Crippen LogP contribution in [0.3, 0.4) is 0 Å². The van der Waals surface area contributed by atoms with E-state index in [1.165, 1.54) is 5.56 Å². The molecule has 1 fully saturated rings. The van der Waals surface area contributed by atoms with E-state index in [-0.39, 0.29) is 5.91 Å². The fourth-order valence-electron chi connectivity index (χ4n) is 3.17. The smallest absolute Gasteiger partial charge is 0.222 e. The number of likely N-dealkylation sites (tertiary alicyclic amines) is 1. The van der Waals surface area contributed by atoms with Gasteiger partial charge in [-0.15, -0.1) is 0 Å². The Hall–Kier alpha value is -2.64. The average Bonchev–Trinajstić information content (AvgIpc) is 2.83. The Morgan fingerprint density at radius 1 is 1.04 bits per heavy atom. The van der Waals surface area contributed by atoms with Crippen LogP contribution in [0.2, 0.25) is 0 Å².